The molecule has 2 aliphatic carbocycles. The molecule has 23 heavy (non-hydrogen) atoms. The summed E-state index contributed by atoms with van der Waals surface area (Å²) in [6.45, 7) is 0.349. The van der Waals surface area contributed by atoms with E-state index in [0.717, 1.165) is 12.8 Å². The summed E-state index contributed by atoms with van der Waals surface area (Å²) in [7, 11) is 0. The lowest BCUT2D eigenvalue weighted by molar-refractivity contribution is 0.0791. The van der Waals surface area contributed by atoms with Gasteiger partial charge in [-0.1, -0.05) is 60.7 Å². The van der Waals surface area contributed by atoms with Gasteiger partial charge in [-0.05, 0) is 47.6 Å². The van der Waals surface area contributed by atoms with Gasteiger partial charge in [-0.25, -0.2) is 0 Å². The fourth-order valence-corrected chi connectivity index (χ4v) is 5.77. The van der Waals surface area contributed by atoms with Crippen LogP contribution in [0.1, 0.15) is 24.0 Å². The van der Waals surface area contributed by atoms with E-state index in [4.69, 9.17) is 0 Å². The number of aliphatic hydroxyl groups excluding tert-OH is 2. The highest BCUT2D eigenvalue weighted by Crippen LogP contribution is 2.66. The second-order valence-electron chi connectivity index (χ2n) is 7.08. The van der Waals surface area contributed by atoms with Crippen molar-refractivity contribution in [3.63, 3.8) is 0 Å². The van der Waals surface area contributed by atoms with Crippen molar-refractivity contribution in [2.45, 2.75) is 18.3 Å². The maximum absolute atomic E-state index is 10.0. The molecule has 2 N–H and O–H groups in total. The smallest absolute Gasteiger partial charge is 0.0465 e. The molecule has 0 unspecified atom stereocenters. The van der Waals surface area contributed by atoms with Crippen LogP contribution in [0.5, 0.6) is 0 Å². The highest BCUT2D eigenvalue weighted by atomic mass is 16.3. The molecule has 2 bridgehead atoms. The fourth-order valence-electron chi connectivity index (χ4n) is 5.77. The first-order valence-electron chi connectivity index (χ1n) is 8.66. The summed E-state index contributed by atoms with van der Waals surface area (Å²) in [5, 5.41) is 20.0. The normalized spacial score (nSPS) is 31.4. The number of aliphatic hydroxyl groups is 2. The van der Waals surface area contributed by atoms with Crippen LogP contribution in [0.3, 0.4) is 0 Å². The summed E-state index contributed by atoms with van der Waals surface area (Å²) < 4.78 is 0. The topological polar surface area (TPSA) is 40.5 Å². The highest BCUT2D eigenvalue weighted by molar-refractivity contribution is 5.45. The van der Waals surface area contributed by atoms with Crippen LogP contribution in [-0.2, 0) is 5.41 Å². The van der Waals surface area contributed by atoms with Crippen molar-refractivity contribution >= 4 is 0 Å². The van der Waals surface area contributed by atoms with E-state index < -0.39 is 0 Å². The molecule has 2 heteroatoms. The van der Waals surface area contributed by atoms with Gasteiger partial charge in [0.05, 0.1) is 0 Å². The number of fused-ring (bicyclic) bond motifs is 2. The average molecular weight is 308 g/mol. The second kappa shape index (κ2) is 5.77. The van der Waals surface area contributed by atoms with Crippen molar-refractivity contribution in [3.05, 3.63) is 71.8 Å². The maximum atomic E-state index is 10.0. The molecule has 2 aromatic carbocycles. The predicted octanol–water partition coefficient (Wildman–Crippen LogP) is 3.23. The van der Waals surface area contributed by atoms with E-state index >= 15 is 0 Å². The minimum Gasteiger partial charge on any atom is -0.396 e. The van der Waals surface area contributed by atoms with Crippen molar-refractivity contribution in [1.82, 2.24) is 0 Å². The Hall–Kier alpha value is -1.64. The zero-order valence-electron chi connectivity index (χ0n) is 13.3. The van der Waals surface area contributed by atoms with Gasteiger partial charge in [0.25, 0.3) is 0 Å². The van der Waals surface area contributed by atoms with Crippen LogP contribution < -0.4 is 0 Å². The minimum absolute atomic E-state index is 0.0662. The summed E-state index contributed by atoms with van der Waals surface area (Å²) in [6, 6.07) is 21.5. The molecule has 0 amide bonds. The Morgan fingerprint density at radius 2 is 1.09 bits per heavy atom. The Labute approximate surface area is 137 Å². The molecule has 120 valence electrons. The van der Waals surface area contributed by atoms with E-state index in [2.05, 4.69) is 60.7 Å². The average Bonchev–Trinajstić information content (AvgIpc) is 3.14. The van der Waals surface area contributed by atoms with Crippen LogP contribution >= 0.6 is 0 Å². The predicted molar refractivity (Wildman–Crippen MR) is 91.0 cm³/mol. The van der Waals surface area contributed by atoms with E-state index in [9.17, 15) is 10.2 Å². The Balaban J connectivity index is 1.95. The lowest BCUT2D eigenvalue weighted by Gasteiger charge is -2.37. The monoisotopic (exact) mass is 308 g/mol. The van der Waals surface area contributed by atoms with Crippen molar-refractivity contribution in [3.8, 4) is 0 Å². The summed E-state index contributed by atoms with van der Waals surface area (Å²) >= 11 is 0. The summed E-state index contributed by atoms with van der Waals surface area (Å²) in [5.41, 5.74) is 2.62. The van der Waals surface area contributed by atoms with E-state index in [-0.39, 0.29) is 30.5 Å². The lowest BCUT2D eigenvalue weighted by Crippen LogP contribution is -2.35. The number of hydrogen-bond donors (Lipinski definition) is 2. The third-order valence-electron chi connectivity index (χ3n) is 6.47. The first kappa shape index (κ1) is 14.9. The third kappa shape index (κ3) is 1.95. The zero-order chi connectivity index (χ0) is 15.9. The third-order valence-corrected chi connectivity index (χ3v) is 6.47. The molecule has 2 fully saturated rings. The Morgan fingerprint density at radius 3 is 1.43 bits per heavy atom. The number of rotatable bonds is 4. The van der Waals surface area contributed by atoms with Crippen LogP contribution in [0.25, 0.3) is 0 Å². The van der Waals surface area contributed by atoms with Crippen molar-refractivity contribution in [2.24, 2.45) is 23.7 Å². The molecule has 0 aliphatic heterocycles. The van der Waals surface area contributed by atoms with Gasteiger partial charge in [0.15, 0.2) is 0 Å². The molecule has 4 atom stereocenters. The Kier molecular flexibility index (Phi) is 3.74. The summed E-state index contributed by atoms with van der Waals surface area (Å²) in [6.07, 6.45) is 2.27. The zero-order valence-corrected chi connectivity index (χ0v) is 13.3. The molecule has 0 aromatic heterocycles. The molecule has 0 radical (unpaired) electrons. The minimum atomic E-state index is -0.0662. The number of benzene rings is 2. The van der Waals surface area contributed by atoms with E-state index in [1.807, 2.05) is 0 Å². The molecular formula is C21H24O2. The molecule has 0 spiro atoms. The standard InChI is InChI=1S/C21H24O2/c22-13-17-18(14-23)20-12-11-19(17)21(20,15-7-3-1-4-8-15)16-9-5-2-6-10-16/h1-10,17-20,22-23H,11-14H2/t17-,18+,19-,20-/m0/s1. The van der Waals surface area contributed by atoms with Gasteiger partial charge < -0.3 is 10.2 Å². The van der Waals surface area contributed by atoms with Crippen LogP contribution in [0.15, 0.2) is 60.7 Å². The van der Waals surface area contributed by atoms with Gasteiger partial charge in [0.1, 0.15) is 0 Å². The molecule has 0 heterocycles. The number of hydrogen-bond acceptors (Lipinski definition) is 2. The SMILES string of the molecule is OC[C@@H]1[C@H](CO)[C@@H]2CC[C@@H]1C2(c1ccccc1)c1ccccc1. The van der Waals surface area contributed by atoms with E-state index in [1.165, 1.54) is 11.1 Å². The molecule has 2 nitrogen and oxygen atoms in total. The maximum Gasteiger partial charge on any atom is 0.0465 e. The van der Waals surface area contributed by atoms with E-state index in [0.29, 0.717) is 11.8 Å². The molecule has 2 aliphatic rings. The summed E-state index contributed by atoms with van der Waals surface area (Å²) in [4.78, 5) is 0. The van der Waals surface area contributed by atoms with Crippen LogP contribution in [0.4, 0.5) is 0 Å². The van der Waals surface area contributed by atoms with Gasteiger partial charge in [-0.15, -0.1) is 0 Å². The van der Waals surface area contributed by atoms with Crippen LogP contribution in [0.2, 0.25) is 0 Å². The van der Waals surface area contributed by atoms with Gasteiger partial charge in [0, 0.05) is 18.6 Å². The Bertz CT molecular complexity index is 593. The van der Waals surface area contributed by atoms with Crippen molar-refractivity contribution < 1.29 is 10.2 Å². The van der Waals surface area contributed by atoms with Gasteiger partial charge >= 0.3 is 0 Å². The van der Waals surface area contributed by atoms with Crippen LogP contribution in [-0.4, -0.2) is 23.4 Å². The lowest BCUT2D eigenvalue weighted by atomic mass is 9.66. The largest absolute Gasteiger partial charge is 0.396 e. The van der Waals surface area contributed by atoms with Crippen LogP contribution in [0, 0.1) is 23.7 Å². The van der Waals surface area contributed by atoms with Crippen molar-refractivity contribution in [2.75, 3.05) is 13.2 Å². The van der Waals surface area contributed by atoms with E-state index in [1.54, 1.807) is 0 Å². The molecular weight excluding hydrogens is 284 g/mol. The van der Waals surface area contributed by atoms with Gasteiger partial charge in [0.2, 0.25) is 0 Å². The highest BCUT2D eigenvalue weighted by Gasteiger charge is 2.64. The van der Waals surface area contributed by atoms with Gasteiger partial charge in [-0.3, -0.25) is 0 Å². The molecule has 0 saturated heterocycles. The Morgan fingerprint density at radius 1 is 0.696 bits per heavy atom. The summed E-state index contributed by atoms with van der Waals surface area (Å²) in [5.74, 6) is 1.19. The quantitative estimate of drug-likeness (QED) is 0.910. The molecule has 4 rings (SSSR count). The van der Waals surface area contributed by atoms with Crippen molar-refractivity contribution in [1.29, 1.82) is 0 Å². The molecule has 2 aromatic rings. The first-order valence-corrected chi connectivity index (χ1v) is 8.66. The second-order valence-corrected chi connectivity index (χ2v) is 7.08. The van der Waals surface area contributed by atoms with Gasteiger partial charge in [-0.2, -0.15) is 0 Å². The molecule has 2 saturated carbocycles. The fraction of sp³-hybridized carbons (Fsp3) is 0.429. The first-order chi connectivity index (χ1) is 11.3.